The van der Waals surface area contributed by atoms with Crippen molar-refractivity contribution in [2.24, 2.45) is 17.8 Å². The number of H-pyrrole nitrogens is 2. The highest BCUT2D eigenvalue weighted by molar-refractivity contribution is 5.91. The van der Waals surface area contributed by atoms with Crippen LogP contribution in [0.2, 0.25) is 0 Å². The third-order valence-corrected chi connectivity index (χ3v) is 13.4. The van der Waals surface area contributed by atoms with Gasteiger partial charge in [0.25, 0.3) is 0 Å². The Balaban J connectivity index is 0.820. The van der Waals surface area contributed by atoms with E-state index in [4.69, 9.17) is 19.4 Å². The minimum Gasteiger partial charge on any atom is -0.453 e. The lowest BCUT2D eigenvalue weighted by Crippen LogP contribution is -2.54. The number of rotatable bonds is 10. The molecule has 3 N–H and O–H groups in total. The molecule has 0 unspecified atom stereocenters. The number of fused-ring (bicyclic) bond motifs is 3. The number of hydrogen-bond acceptors (Lipinski definition) is 7. The van der Waals surface area contributed by atoms with Crippen LogP contribution >= 0.6 is 0 Å². The van der Waals surface area contributed by atoms with Crippen LogP contribution in [-0.2, 0) is 20.9 Å². The molecule has 4 heterocycles. The molecule has 4 fully saturated rings. The van der Waals surface area contributed by atoms with Gasteiger partial charge in [-0.15, -0.1) is 0 Å². The number of piperidine rings is 1. The Hall–Kier alpha value is -6.69. The van der Waals surface area contributed by atoms with E-state index in [9.17, 15) is 14.4 Å². The second-order valence-corrected chi connectivity index (χ2v) is 17.3. The molecule has 0 radical (unpaired) electrons. The molecule has 2 aromatic heterocycles. The summed E-state index contributed by atoms with van der Waals surface area (Å²) in [6.45, 7) is 8.27. The summed E-state index contributed by atoms with van der Waals surface area (Å²) in [6, 6.07) is 30.1. The quantitative estimate of drug-likeness (QED) is 0.117. The molecule has 12 nitrogen and oxygen atoms in total. The molecule has 2 saturated heterocycles. The number of methoxy groups -OCH3 is 1. The SMILES string of the molecule is C=C1[C@@H]2[C@H]1C[C@@H](c1ncc(-c3ccc(-c4ccc5cc(-c6c[nH]c([C@@H]7C[C@H]8CC[C@H]8N7C(=O)[C@@H](NC(=O)OC)C(C)C)n6)ccc5c4)cc3)[nH]1)N2C(=O)OCc1ccccc1. The van der Waals surface area contributed by atoms with E-state index in [1.54, 1.807) is 0 Å². The highest BCUT2D eigenvalue weighted by Crippen LogP contribution is 2.57. The molecule has 10 rings (SSSR count). The Kier molecular flexibility index (Phi) is 9.72. The number of nitrogens with zero attached hydrogens (tertiary/aromatic N) is 4. The van der Waals surface area contributed by atoms with E-state index < -0.39 is 12.1 Å². The highest BCUT2D eigenvalue weighted by atomic mass is 16.6. The van der Waals surface area contributed by atoms with Crippen molar-refractivity contribution in [1.29, 1.82) is 0 Å². The molecule has 0 bridgehead atoms. The Morgan fingerprint density at radius 1 is 0.852 bits per heavy atom. The lowest BCUT2D eigenvalue weighted by atomic mass is 9.80. The van der Waals surface area contributed by atoms with Crippen molar-refractivity contribution in [2.75, 3.05) is 7.11 Å². The fourth-order valence-electron chi connectivity index (χ4n) is 9.82. The summed E-state index contributed by atoms with van der Waals surface area (Å²) >= 11 is 0. The molecule has 310 valence electrons. The molecule has 2 saturated carbocycles. The van der Waals surface area contributed by atoms with E-state index in [1.165, 1.54) is 7.11 Å². The largest absolute Gasteiger partial charge is 0.453 e. The Morgan fingerprint density at radius 2 is 1.56 bits per heavy atom. The smallest absolute Gasteiger partial charge is 0.411 e. The molecule has 2 aliphatic carbocycles. The van der Waals surface area contributed by atoms with Gasteiger partial charge in [-0.2, -0.15) is 0 Å². The zero-order valence-electron chi connectivity index (χ0n) is 34.5. The predicted molar refractivity (Wildman–Crippen MR) is 232 cm³/mol. The molecular weight excluding hydrogens is 767 g/mol. The molecule has 0 spiro atoms. The highest BCUT2D eigenvalue weighted by Gasteiger charge is 2.59. The van der Waals surface area contributed by atoms with Gasteiger partial charge >= 0.3 is 12.2 Å². The molecule has 12 heteroatoms. The first-order valence-corrected chi connectivity index (χ1v) is 21.2. The normalized spacial score (nSPS) is 23.0. The van der Waals surface area contributed by atoms with Crippen LogP contribution < -0.4 is 5.32 Å². The van der Waals surface area contributed by atoms with Crippen LogP contribution in [0.4, 0.5) is 9.59 Å². The molecule has 7 atom stereocenters. The maximum Gasteiger partial charge on any atom is 0.411 e. The number of carbonyl (C=O) groups excluding carboxylic acids is 3. The van der Waals surface area contributed by atoms with Crippen LogP contribution in [-0.4, -0.2) is 73.1 Å². The third-order valence-electron chi connectivity index (χ3n) is 13.4. The standard InChI is InChI=1S/C49H49N7O5/c1-27(2)43(54-48(58)60-4)47(57)55-40-19-18-36(40)22-41(55)45-51-25-39(53-45)35-17-16-33-20-32(14-15-34(33)21-35)30-10-12-31(13-11-30)38-24-50-46(52-38)42-23-37-28(3)44(37)56(42)49(59)61-26-29-8-6-5-7-9-29/h5-17,20-21,24-25,27,36-37,40-44H,3,18-19,22-23,26H2,1-2,4H3,(H,50,52)(H,51,53)(H,54,58)/t36-,37+,40-,41+,42+,43+,44-/m1/s1. The van der Waals surface area contributed by atoms with Crippen LogP contribution in [0.3, 0.4) is 0 Å². The fraction of sp³-hybridized carbons (Fsp3) is 0.327. The van der Waals surface area contributed by atoms with E-state index in [0.717, 1.165) is 92.9 Å². The van der Waals surface area contributed by atoms with E-state index in [-0.39, 0.29) is 54.6 Å². The first kappa shape index (κ1) is 38.5. The number of benzene rings is 4. The van der Waals surface area contributed by atoms with Crippen LogP contribution in [0.1, 0.15) is 68.8 Å². The van der Waals surface area contributed by atoms with Crippen molar-refractivity contribution < 1.29 is 23.9 Å². The van der Waals surface area contributed by atoms with Gasteiger partial charge in [-0.1, -0.05) is 99.3 Å². The number of hydrogen-bond donors (Lipinski definition) is 3. The average molecular weight is 816 g/mol. The van der Waals surface area contributed by atoms with Gasteiger partial charge in [0.1, 0.15) is 24.3 Å². The first-order chi connectivity index (χ1) is 29.6. The molecule has 2 aliphatic heterocycles. The van der Waals surface area contributed by atoms with Gasteiger partial charge in [0.05, 0.1) is 42.8 Å². The van der Waals surface area contributed by atoms with Crippen molar-refractivity contribution in [3.05, 3.63) is 133 Å². The lowest BCUT2D eigenvalue weighted by Gasteiger charge is -2.39. The monoisotopic (exact) mass is 815 g/mol. The van der Waals surface area contributed by atoms with Gasteiger partial charge in [0.15, 0.2) is 0 Å². The van der Waals surface area contributed by atoms with E-state index >= 15 is 0 Å². The van der Waals surface area contributed by atoms with Gasteiger partial charge in [-0.25, -0.2) is 19.6 Å². The number of nitrogens with one attached hydrogen (secondary N) is 3. The number of amides is 3. The summed E-state index contributed by atoms with van der Waals surface area (Å²) in [5.74, 6) is 2.05. The van der Waals surface area contributed by atoms with E-state index in [2.05, 4.69) is 82.5 Å². The molecule has 3 amide bonds. The van der Waals surface area contributed by atoms with Gasteiger partial charge < -0.3 is 29.7 Å². The van der Waals surface area contributed by atoms with Crippen molar-refractivity contribution in [3.8, 4) is 33.6 Å². The summed E-state index contributed by atoms with van der Waals surface area (Å²) in [5, 5.41) is 4.98. The Bertz CT molecular complexity index is 2650. The van der Waals surface area contributed by atoms with Crippen molar-refractivity contribution in [1.82, 2.24) is 35.1 Å². The van der Waals surface area contributed by atoms with Crippen molar-refractivity contribution in [3.63, 3.8) is 0 Å². The maximum absolute atomic E-state index is 14.0. The van der Waals surface area contributed by atoms with Crippen LogP contribution in [0.15, 0.2) is 116 Å². The molecule has 61 heavy (non-hydrogen) atoms. The number of imidazole rings is 2. The fourth-order valence-corrected chi connectivity index (χ4v) is 9.82. The molecular formula is C49H49N7O5. The first-order valence-electron chi connectivity index (χ1n) is 21.2. The van der Waals surface area contributed by atoms with E-state index in [0.29, 0.717) is 5.92 Å². The Morgan fingerprint density at radius 3 is 2.28 bits per heavy atom. The predicted octanol–water partition coefficient (Wildman–Crippen LogP) is 9.36. The molecule has 4 aromatic carbocycles. The minimum absolute atomic E-state index is 0.00245. The summed E-state index contributed by atoms with van der Waals surface area (Å²) in [5.41, 5.74) is 7.94. The number of carbonyl (C=O) groups is 3. The number of likely N-dealkylation sites (tertiary alicyclic amines) is 2. The molecule has 6 aromatic rings. The summed E-state index contributed by atoms with van der Waals surface area (Å²) in [7, 11) is 1.31. The zero-order valence-corrected chi connectivity index (χ0v) is 34.5. The van der Waals surface area contributed by atoms with Crippen molar-refractivity contribution in [2.45, 2.75) is 76.3 Å². The number of ether oxygens (including phenoxy) is 2. The topological polar surface area (TPSA) is 146 Å². The Labute approximate surface area is 354 Å². The number of aromatic nitrogens is 4. The van der Waals surface area contributed by atoms with Gasteiger partial charge in [0.2, 0.25) is 5.91 Å². The summed E-state index contributed by atoms with van der Waals surface area (Å²) < 4.78 is 10.6. The second-order valence-electron chi connectivity index (χ2n) is 17.3. The minimum atomic E-state index is -0.678. The second kappa shape index (κ2) is 15.4. The van der Waals surface area contributed by atoms with Crippen LogP contribution in [0.5, 0.6) is 0 Å². The lowest BCUT2D eigenvalue weighted by molar-refractivity contribution is -0.139. The van der Waals surface area contributed by atoms with E-state index in [1.807, 2.05) is 66.4 Å². The van der Waals surface area contributed by atoms with Crippen molar-refractivity contribution >= 4 is 28.9 Å². The van der Waals surface area contributed by atoms with Crippen LogP contribution in [0.25, 0.3) is 44.4 Å². The van der Waals surface area contributed by atoms with Gasteiger partial charge in [-0.05, 0) is 88.3 Å². The average Bonchev–Trinajstić information content (AvgIpc) is 3.87. The molecule has 4 aliphatic rings. The summed E-state index contributed by atoms with van der Waals surface area (Å²) in [6.07, 6.45) is 6.49. The zero-order chi connectivity index (χ0) is 41.9. The number of alkyl carbamates (subject to hydrolysis) is 1. The third kappa shape index (κ3) is 7.03. The van der Waals surface area contributed by atoms with Gasteiger partial charge in [0, 0.05) is 23.7 Å². The number of aromatic amines is 2. The van der Waals surface area contributed by atoms with Crippen LogP contribution in [0, 0.1) is 17.8 Å². The van der Waals surface area contributed by atoms with Gasteiger partial charge in [-0.3, -0.25) is 9.69 Å². The maximum atomic E-state index is 14.0. The summed E-state index contributed by atoms with van der Waals surface area (Å²) in [4.78, 5) is 59.9.